The molecule has 0 bridgehead atoms. The number of rotatable bonds is 6. The van der Waals surface area contributed by atoms with E-state index in [9.17, 15) is 18.4 Å². The number of halogens is 2. The molecule has 0 unspecified atom stereocenters. The largest absolute Gasteiger partial charge is 0.496 e. The molecular weight excluding hydrogens is 470 g/mol. The summed E-state index contributed by atoms with van der Waals surface area (Å²) in [5, 5.41) is 14.0. The first-order valence-electron chi connectivity index (χ1n) is 11.5. The number of amides is 1. The van der Waals surface area contributed by atoms with Gasteiger partial charge < -0.3 is 15.8 Å². The summed E-state index contributed by atoms with van der Waals surface area (Å²) >= 11 is 0. The molecule has 36 heavy (non-hydrogen) atoms. The van der Waals surface area contributed by atoms with Crippen molar-refractivity contribution in [3.63, 3.8) is 0 Å². The van der Waals surface area contributed by atoms with Crippen molar-refractivity contribution in [1.82, 2.24) is 25.3 Å². The molecule has 2 aromatic carbocycles. The zero-order valence-electron chi connectivity index (χ0n) is 19.4. The van der Waals surface area contributed by atoms with Gasteiger partial charge in [0.2, 0.25) is 0 Å². The van der Waals surface area contributed by atoms with Crippen LogP contribution in [0.15, 0.2) is 47.3 Å². The lowest BCUT2D eigenvalue weighted by Crippen LogP contribution is -2.23. The van der Waals surface area contributed by atoms with Crippen molar-refractivity contribution in [1.29, 1.82) is 0 Å². The van der Waals surface area contributed by atoms with Gasteiger partial charge >= 0.3 is 0 Å². The van der Waals surface area contributed by atoms with E-state index < -0.39 is 29.5 Å². The summed E-state index contributed by atoms with van der Waals surface area (Å²) in [6.45, 7) is 0.183. The highest BCUT2D eigenvalue weighted by Gasteiger charge is 2.32. The SMILES string of the molecule is COc1ccc(F)cc1C(=O)NCc1ccc(-c2nn([C@H]3CCC[C@H]3F)c3c(=O)[nH]nc(N)c23)cc1. The molecule has 9 nitrogen and oxygen atoms in total. The first-order chi connectivity index (χ1) is 17.4. The third kappa shape index (κ3) is 4.16. The Hall–Kier alpha value is -4.28. The van der Waals surface area contributed by atoms with E-state index in [1.807, 2.05) is 0 Å². The number of carbonyl (C=O) groups excluding carboxylic acids is 1. The van der Waals surface area contributed by atoms with Crippen molar-refractivity contribution < 1.29 is 18.3 Å². The van der Waals surface area contributed by atoms with Crippen molar-refractivity contribution in [3.05, 3.63) is 69.8 Å². The highest BCUT2D eigenvalue weighted by molar-refractivity contribution is 5.99. The van der Waals surface area contributed by atoms with E-state index in [1.165, 1.54) is 23.9 Å². The van der Waals surface area contributed by atoms with Gasteiger partial charge in [0.05, 0.1) is 24.1 Å². The zero-order valence-corrected chi connectivity index (χ0v) is 19.4. The van der Waals surface area contributed by atoms with Gasteiger partial charge in [-0.2, -0.15) is 10.2 Å². The van der Waals surface area contributed by atoms with Crippen molar-refractivity contribution in [3.8, 4) is 17.0 Å². The molecule has 1 saturated carbocycles. The van der Waals surface area contributed by atoms with Gasteiger partial charge in [0, 0.05) is 12.1 Å². The molecule has 4 N–H and O–H groups in total. The molecule has 1 aliphatic carbocycles. The van der Waals surface area contributed by atoms with Gasteiger partial charge in [-0.1, -0.05) is 24.3 Å². The van der Waals surface area contributed by atoms with Gasteiger partial charge in [0.15, 0.2) is 5.82 Å². The average molecular weight is 495 g/mol. The third-order valence-electron chi connectivity index (χ3n) is 6.46. The van der Waals surface area contributed by atoms with Crippen LogP contribution in [0.25, 0.3) is 22.2 Å². The second-order valence-electron chi connectivity index (χ2n) is 8.69. The minimum absolute atomic E-state index is 0.0948. The summed E-state index contributed by atoms with van der Waals surface area (Å²) in [5.74, 6) is -0.651. The van der Waals surface area contributed by atoms with Crippen molar-refractivity contribution in [2.24, 2.45) is 0 Å². The summed E-state index contributed by atoms with van der Waals surface area (Å²) in [7, 11) is 1.41. The zero-order chi connectivity index (χ0) is 25.4. The molecule has 186 valence electrons. The third-order valence-corrected chi connectivity index (χ3v) is 6.46. The predicted octanol–water partition coefficient (Wildman–Crippen LogP) is 3.51. The number of carbonyl (C=O) groups is 1. The average Bonchev–Trinajstić information content (AvgIpc) is 3.49. The van der Waals surface area contributed by atoms with E-state index in [1.54, 1.807) is 24.3 Å². The van der Waals surface area contributed by atoms with Crippen molar-refractivity contribution in [2.75, 3.05) is 12.8 Å². The van der Waals surface area contributed by atoms with Crippen LogP contribution in [0, 0.1) is 5.82 Å². The van der Waals surface area contributed by atoms with Crippen LogP contribution in [-0.4, -0.2) is 39.2 Å². The Morgan fingerprint density at radius 3 is 2.72 bits per heavy atom. The molecule has 1 fully saturated rings. The van der Waals surface area contributed by atoms with Crippen molar-refractivity contribution in [2.45, 2.75) is 38.0 Å². The monoisotopic (exact) mass is 494 g/mol. The van der Waals surface area contributed by atoms with Gasteiger partial charge in [-0.15, -0.1) is 0 Å². The standard InChI is InChI=1S/C25H24F2N6O3/c1-36-19-10-9-15(26)11-16(19)24(34)29-12-13-5-7-14(8-6-13)21-20-22(25(35)31-30-23(20)28)33(32-21)18-4-2-3-17(18)27/h5-11,17-18H,2-4,12H2,1H3,(H2,28,30)(H,29,34)(H,31,35)/t17-,18+/m1/s1. The fourth-order valence-electron chi connectivity index (χ4n) is 4.64. The number of aromatic nitrogens is 4. The molecule has 0 aliphatic heterocycles. The fourth-order valence-corrected chi connectivity index (χ4v) is 4.64. The van der Waals surface area contributed by atoms with Gasteiger partial charge in [-0.3, -0.25) is 14.3 Å². The maximum atomic E-state index is 14.6. The summed E-state index contributed by atoms with van der Waals surface area (Å²) < 4.78 is 34.7. The summed E-state index contributed by atoms with van der Waals surface area (Å²) in [6, 6.07) is 10.3. The van der Waals surface area contributed by atoms with E-state index in [4.69, 9.17) is 10.5 Å². The number of ether oxygens (including phenoxy) is 1. The Balaban J connectivity index is 1.42. The lowest BCUT2D eigenvalue weighted by Gasteiger charge is -2.13. The smallest absolute Gasteiger partial charge is 0.290 e. The Labute approximate surface area is 204 Å². The maximum Gasteiger partial charge on any atom is 0.290 e. The summed E-state index contributed by atoms with van der Waals surface area (Å²) in [5.41, 5.74) is 7.78. The van der Waals surface area contributed by atoms with Gasteiger partial charge in [0.1, 0.15) is 28.9 Å². The quantitative estimate of drug-likeness (QED) is 0.376. The van der Waals surface area contributed by atoms with E-state index in [-0.39, 0.29) is 29.2 Å². The van der Waals surface area contributed by atoms with Crippen LogP contribution in [0.1, 0.15) is 41.2 Å². The van der Waals surface area contributed by atoms with E-state index in [0.717, 1.165) is 11.6 Å². The number of hydrogen-bond donors (Lipinski definition) is 3. The molecule has 2 atom stereocenters. The minimum atomic E-state index is -1.10. The number of nitrogens with zero attached hydrogens (tertiary/aromatic N) is 3. The number of alkyl halides is 1. The normalized spacial score (nSPS) is 17.4. The maximum absolute atomic E-state index is 14.6. The molecule has 2 heterocycles. The van der Waals surface area contributed by atoms with Gasteiger partial charge in [-0.25, -0.2) is 13.9 Å². The van der Waals surface area contributed by atoms with Crippen LogP contribution < -0.4 is 21.3 Å². The van der Waals surface area contributed by atoms with Gasteiger partial charge in [-0.05, 0) is 43.0 Å². The Kier molecular flexibility index (Phi) is 6.13. The fraction of sp³-hybridized carbons (Fsp3) is 0.280. The number of aromatic amines is 1. The van der Waals surface area contributed by atoms with E-state index >= 15 is 0 Å². The minimum Gasteiger partial charge on any atom is -0.496 e. The number of hydrogen-bond acceptors (Lipinski definition) is 6. The summed E-state index contributed by atoms with van der Waals surface area (Å²) in [4.78, 5) is 25.2. The number of nitrogen functional groups attached to an aromatic ring is 1. The molecular formula is C25H24F2N6O3. The predicted molar refractivity (Wildman–Crippen MR) is 130 cm³/mol. The highest BCUT2D eigenvalue weighted by Crippen LogP contribution is 2.37. The van der Waals surface area contributed by atoms with Crippen LogP contribution >= 0.6 is 0 Å². The lowest BCUT2D eigenvalue weighted by molar-refractivity contribution is 0.0947. The van der Waals surface area contributed by atoms with Crippen LogP contribution in [0.4, 0.5) is 14.6 Å². The number of anilines is 1. The molecule has 0 spiro atoms. The first-order valence-corrected chi connectivity index (χ1v) is 11.5. The molecule has 0 saturated heterocycles. The molecule has 11 heteroatoms. The first kappa shape index (κ1) is 23.5. The number of H-pyrrole nitrogens is 1. The van der Waals surface area contributed by atoms with Crippen LogP contribution in [0.3, 0.4) is 0 Å². The Morgan fingerprint density at radius 1 is 1.25 bits per heavy atom. The van der Waals surface area contributed by atoms with E-state index in [0.29, 0.717) is 35.9 Å². The number of nitrogens with one attached hydrogen (secondary N) is 2. The topological polar surface area (TPSA) is 128 Å². The molecule has 5 rings (SSSR count). The second kappa shape index (κ2) is 9.40. The number of nitrogens with two attached hydrogens (primary N) is 1. The van der Waals surface area contributed by atoms with Crippen LogP contribution in [0.5, 0.6) is 5.75 Å². The van der Waals surface area contributed by atoms with Crippen LogP contribution in [-0.2, 0) is 6.54 Å². The molecule has 1 aliphatic rings. The Morgan fingerprint density at radius 2 is 2.03 bits per heavy atom. The summed E-state index contributed by atoms with van der Waals surface area (Å²) in [6.07, 6.45) is 0.607. The Bertz CT molecular complexity index is 1500. The van der Waals surface area contributed by atoms with Crippen molar-refractivity contribution >= 4 is 22.6 Å². The molecule has 0 radical (unpaired) electrons. The number of fused-ring (bicyclic) bond motifs is 1. The van der Waals surface area contributed by atoms with Gasteiger partial charge in [0.25, 0.3) is 11.5 Å². The molecule has 1 amide bonds. The van der Waals surface area contributed by atoms with E-state index in [2.05, 4.69) is 20.6 Å². The molecule has 4 aromatic rings. The lowest BCUT2D eigenvalue weighted by atomic mass is 10.1. The second-order valence-corrected chi connectivity index (χ2v) is 8.69. The molecule has 2 aromatic heterocycles. The van der Waals surface area contributed by atoms with Crippen LogP contribution in [0.2, 0.25) is 0 Å². The number of benzene rings is 2. The highest BCUT2D eigenvalue weighted by atomic mass is 19.1. The number of methoxy groups -OCH3 is 1.